The number of rotatable bonds is 6. The van der Waals surface area contributed by atoms with E-state index in [0.29, 0.717) is 21.3 Å². The maximum Gasteiger partial charge on any atom is 0.223 e. The van der Waals surface area contributed by atoms with Gasteiger partial charge in [0.25, 0.3) is 0 Å². The molecule has 1 amide bonds. The predicted octanol–water partition coefficient (Wildman–Crippen LogP) is 0.00700. The van der Waals surface area contributed by atoms with Gasteiger partial charge in [0.1, 0.15) is 0 Å². The van der Waals surface area contributed by atoms with Gasteiger partial charge in [0.15, 0.2) is 0 Å². The fourth-order valence-corrected chi connectivity index (χ4v) is 1.72. The van der Waals surface area contributed by atoms with Crippen LogP contribution in [0.4, 0.5) is 0 Å². The van der Waals surface area contributed by atoms with Crippen molar-refractivity contribution in [3.8, 4) is 0 Å². The Morgan fingerprint density at radius 1 is 1.67 bits per heavy atom. The largest absolute Gasteiger partial charge is 0.395 e. The molecule has 0 radical (unpaired) electrons. The molecule has 72 valence electrons. The number of carbonyl (C=O) groups is 1. The molecule has 0 rings (SSSR count). The van der Waals surface area contributed by atoms with Gasteiger partial charge in [-0.05, 0) is 14.8 Å². The Balaban J connectivity index is 3.44. The molecule has 0 aliphatic heterocycles. The van der Waals surface area contributed by atoms with Gasteiger partial charge in [-0.25, -0.2) is 0 Å². The van der Waals surface area contributed by atoms with Crippen LogP contribution in [0.3, 0.4) is 0 Å². The van der Waals surface area contributed by atoms with Crippen molar-refractivity contribution in [3.05, 3.63) is 0 Å². The molecule has 3 N–H and O–H groups in total. The first kappa shape index (κ1) is 12.7. The van der Waals surface area contributed by atoms with E-state index in [1.54, 1.807) is 0 Å². The van der Waals surface area contributed by atoms with Gasteiger partial charge in [-0.15, -0.1) is 0 Å². The molecule has 0 fully saturated rings. The Bertz CT molecular complexity index is 132. The second kappa shape index (κ2) is 8.29. The third kappa shape index (κ3) is 6.22. The zero-order chi connectivity index (χ0) is 9.40. The molecule has 0 aromatic rings. The van der Waals surface area contributed by atoms with Crippen LogP contribution in [0.2, 0.25) is 0 Å². The quantitative estimate of drug-likeness (QED) is 0.561. The van der Waals surface area contributed by atoms with E-state index in [2.05, 4.69) is 28.5 Å². The molecule has 0 heterocycles. The van der Waals surface area contributed by atoms with Gasteiger partial charge in [0, 0.05) is 12.5 Å². The molecular formula is C5H15N2O2P3. The summed E-state index contributed by atoms with van der Waals surface area (Å²) in [5.74, 6) is 0.0297. The Kier molecular flexibility index (Phi) is 8.76. The summed E-state index contributed by atoms with van der Waals surface area (Å²) in [7, 11) is 5.15. The highest BCUT2D eigenvalue weighted by atomic mass is 32.0. The van der Waals surface area contributed by atoms with Crippen molar-refractivity contribution in [2.75, 3.05) is 6.61 Å². The lowest BCUT2D eigenvalue weighted by Crippen LogP contribution is -2.26. The fraction of sp³-hybridized carbons (Fsp3) is 0.800. The van der Waals surface area contributed by atoms with Crippen LogP contribution in [-0.2, 0) is 4.79 Å². The van der Waals surface area contributed by atoms with Gasteiger partial charge in [-0.3, -0.25) is 9.88 Å². The maximum atomic E-state index is 10.9. The van der Waals surface area contributed by atoms with Crippen LogP contribution < -0.4 is 10.2 Å². The average molecular weight is 228 g/mol. The van der Waals surface area contributed by atoms with Crippen LogP contribution in [0.5, 0.6) is 0 Å². The van der Waals surface area contributed by atoms with E-state index in [0.717, 1.165) is 0 Å². The summed E-state index contributed by atoms with van der Waals surface area (Å²) in [6.07, 6.45) is 1.11. The van der Waals surface area contributed by atoms with Crippen LogP contribution in [-0.4, -0.2) is 23.7 Å². The molecule has 0 aromatic heterocycles. The third-order valence-corrected chi connectivity index (χ3v) is 2.72. The summed E-state index contributed by atoms with van der Waals surface area (Å²) in [4.78, 5) is 10.9. The molecule has 0 saturated carbocycles. The fourth-order valence-electron chi connectivity index (χ4n) is 0.676. The number of hydrogen-bond donors (Lipinski definition) is 3. The van der Waals surface area contributed by atoms with Gasteiger partial charge in [-0.1, -0.05) is 18.3 Å². The molecule has 0 aromatic carbocycles. The van der Waals surface area contributed by atoms with Gasteiger partial charge < -0.3 is 10.2 Å². The second-order valence-electron chi connectivity index (χ2n) is 2.28. The molecule has 7 heteroatoms. The molecular weight excluding hydrogens is 213 g/mol. The summed E-state index contributed by atoms with van der Waals surface area (Å²) >= 11 is 0. The van der Waals surface area contributed by atoms with Crippen molar-refractivity contribution in [2.45, 2.75) is 18.9 Å². The minimum Gasteiger partial charge on any atom is -0.395 e. The highest BCUT2D eigenvalue weighted by Gasteiger charge is 2.06. The first-order valence-electron chi connectivity index (χ1n) is 3.56. The van der Waals surface area contributed by atoms with Crippen molar-refractivity contribution in [2.24, 2.45) is 0 Å². The molecule has 4 nitrogen and oxygen atoms in total. The van der Waals surface area contributed by atoms with E-state index in [9.17, 15) is 4.79 Å². The average Bonchev–Trinajstić information content (AvgIpc) is 2.07. The zero-order valence-electron chi connectivity index (χ0n) is 6.71. The molecule has 0 bridgehead atoms. The predicted molar refractivity (Wildman–Crippen MR) is 59.1 cm³/mol. The summed E-state index contributed by atoms with van der Waals surface area (Å²) in [5, 5.41) is 14.3. The lowest BCUT2D eigenvalue weighted by atomic mass is 10.2. The van der Waals surface area contributed by atoms with Crippen LogP contribution >= 0.6 is 26.7 Å². The Labute approximate surface area is 78.8 Å². The lowest BCUT2D eigenvalue weighted by molar-refractivity contribution is -0.119. The third-order valence-electron chi connectivity index (χ3n) is 1.39. The molecule has 12 heavy (non-hydrogen) atoms. The monoisotopic (exact) mass is 228 g/mol. The Morgan fingerprint density at radius 3 is 2.75 bits per heavy atom. The first-order valence-corrected chi connectivity index (χ1v) is 6.94. The smallest absolute Gasteiger partial charge is 0.223 e. The number of amides is 1. The van der Waals surface area contributed by atoms with E-state index in [1.165, 1.54) is 0 Å². The number of hydrogen-bond acceptors (Lipinski definition) is 3. The summed E-state index contributed by atoms with van der Waals surface area (Å²) in [6, 6.07) is -0.00593. The molecule has 0 saturated heterocycles. The van der Waals surface area contributed by atoms with Crippen LogP contribution in [0, 0.1) is 0 Å². The highest BCUT2D eigenvalue weighted by molar-refractivity contribution is 8.02. The van der Waals surface area contributed by atoms with E-state index in [1.807, 2.05) is 0 Å². The van der Waals surface area contributed by atoms with E-state index in [-0.39, 0.29) is 18.6 Å². The number of nitrogens with one attached hydrogen (secondary N) is 2. The topological polar surface area (TPSA) is 61.4 Å². The summed E-state index contributed by atoms with van der Waals surface area (Å²) in [5.41, 5.74) is 0. The summed E-state index contributed by atoms with van der Waals surface area (Å²) in [6.45, 7) is 0.0555. The van der Waals surface area contributed by atoms with Crippen molar-refractivity contribution in [3.63, 3.8) is 0 Å². The van der Waals surface area contributed by atoms with E-state index < -0.39 is 0 Å². The zero-order valence-corrected chi connectivity index (χ0v) is 10.0. The van der Waals surface area contributed by atoms with Crippen molar-refractivity contribution < 1.29 is 9.90 Å². The van der Waals surface area contributed by atoms with Gasteiger partial charge >= 0.3 is 0 Å². The van der Waals surface area contributed by atoms with Crippen molar-refractivity contribution in [1.29, 1.82) is 0 Å². The molecule has 4 unspecified atom stereocenters. The van der Waals surface area contributed by atoms with Crippen molar-refractivity contribution in [1.82, 2.24) is 10.2 Å². The highest BCUT2D eigenvalue weighted by Crippen LogP contribution is 2.13. The minimum absolute atomic E-state index is 0.00593. The number of carbonyl (C=O) groups excluding carboxylic acids is 1. The molecule has 0 aliphatic carbocycles. The normalized spacial score (nSPS) is 13.6. The molecule has 4 atom stereocenters. The van der Waals surface area contributed by atoms with Crippen LogP contribution in [0.15, 0.2) is 0 Å². The van der Waals surface area contributed by atoms with E-state index >= 15 is 0 Å². The van der Waals surface area contributed by atoms with Crippen LogP contribution in [0.1, 0.15) is 12.8 Å². The molecule has 0 spiro atoms. The minimum atomic E-state index is -0.00593. The molecule has 0 aliphatic rings. The number of aliphatic hydroxyl groups is 1. The van der Waals surface area contributed by atoms with Gasteiger partial charge in [-0.2, -0.15) is 0 Å². The van der Waals surface area contributed by atoms with Crippen molar-refractivity contribution >= 4 is 32.6 Å². The standard InChI is InChI=1S/C5H15N2O2P3/c8-3-4(6-10)1-2-5(9)7-12-11/h4,6,8,12H,1-3,10-11H2,(H,7,9). The summed E-state index contributed by atoms with van der Waals surface area (Å²) < 4.78 is 0. The van der Waals surface area contributed by atoms with E-state index in [4.69, 9.17) is 5.11 Å². The van der Waals surface area contributed by atoms with Gasteiger partial charge in [0.2, 0.25) is 5.91 Å². The number of aliphatic hydroxyl groups excluding tert-OH is 1. The van der Waals surface area contributed by atoms with Gasteiger partial charge in [0.05, 0.1) is 6.61 Å². The maximum absolute atomic E-state index is 10.9. The first-order chi connectivity index (χ1) is 5.74. The Morgan fingerprint density at radius 2 is 2.33 bits per heavy atom. The lowest BCUT2D eigenvalue weighted by Gasteiger charge is -2.11. The Hall–Kier alpha value is 0.680. The second-order valence-corrected chi connectivity index (χ2v) is 4.02. The van der Waals surface area contributed by atoms with Crippen LogP contribution in [0.25, 0.3) is 0 Å². The SMILES string of the molecule is O=C(CCC(CO)NP)NPP.